The van der Waals surface area contributed by atoms with Gasteiger partial charge in [0.2, 0.25) is 0 Å². The summed E-state index contributed by atoms with van der Waals surface area (Å²) in [5, 5.41) is 2.59. The molecule has 0 radical (unpaired) electrons. The van der Waals surface area contributed by atoms with Gasteiger partial charge in [-0.25, -0.2) is 0 Å². The van der Waals surface area contributed by atoms with Crippen molar-refractivity contribution in [1.29, 1.82) is 0 Å². The average Bonchev–Trinajstić information content (AvgIpc) is 3.86. The van der Waals surface area contributed by atoms with Crippen molar-refractivity contribution in [2.24, 2.45) is 0 Å². The Labute approximate surface area is 385 Å². The molecule has 1 nitrogen and oxygen atoms in total. The highest BCUT2D eigenvalue weighted by Gasteiger charge is 2.38. The van der Waals surface area contributed by atoms with Crippen molar-refractivity contribution in [3.05, 3.63) is 248 Å². The molecule has 0 bridgehead atoms. The maximum absolute atomic E-state index is 2.50. The van der Waals surface area contributed by atoms with Gasteiger partial charge < -0.3 is 4.90 Å². The molecule has 0 spiro atoms. The number of fused-ring (bicyclic) bond motifs is 6. The van der Waals surface area contributed by atoms with Crippen LogP contribution in [0.1, 0.15) is 25.0 Å². The van der Waals surface area contributed by atoms with E-state index < -0.39 is 0 Å². The first-order valence-corrected chi connectivity index (χ1v) is 23.3. The topological polar surface area (TPSA) is 3.24 Å². The number of anilines is 3. The van der Waals surface area contributed by atoms with Crippen molar-refractivity contribution in [3.8, 4) is 66.8 Å². The standard InChI is InChI=1S/C63H45NS/c1-63(2)57-29-14-12-24-52(57)55-27-16-28-56(62(55)63)61-51(45-22-10-5-11-23-45)26-17-30-58(61)64(50-36-37-54-53-25-13-15-31-59(53)65-60(54)41-50)49-34-32-44(33-35-49)48-39-46(42-18-6-3-7-19-42)38-47(40-48)43-20-8-4-9-21-43/h3-41H,1-2H3. The number of nitrogens with zero attached hydrogens (tertiary/aromatic N) is 1. The van der Waals surface area contributed by atoms with Crippen LogP contribution in [-0.4, -0.2) is 0 Å². The van der Waals surface area contributed by atoms with Gasteiger partial charge in [-0.3, -0.25) is 0 Å². The molecule has 1 aromatic heterocycles. The molecule has 12 rings (SSSR count). The van der Waals surface area contributed by atoms with E-state index in [2.05, 4.69) is 255 Å². The van der Waals surface area contributed by atoms with Crippen LogP contribution in [0.15, 0.2) is 237 Å². The highest BCUT2D eigenvalue weighted by Crippen LogP contribution is 2.55. The molecule has 308 valence electrons. The van der Waals surface area contributed by atoms with Gasteiger partial charge in [0.05, 0.1) is 5.69 Å². The lowest BCUT2D eigenvalue weighted by molar-refractivity contribution is 0.662. The second-order valence-electron chi connectivity index (χ2n) is 17.7. The highest BCUT2D eigenvalue weighted by atomic mass is 32.1. The van der Waals surface area contributed by atoms with Crippen LogP contribution >= 0.6 is 11.3 Å². The molecule has 1 aliphatic rings. The first-order valence-electron chi connectivity index (χ1n) is 22.5. The Bertz CT molecular complexity index is 3490. The SMILES string of the molecule is CC1(C)c2ccccc2-c2cccc(-c3c(-c4ccccc4)cccc3N(c3ccc(-c4cc(-c5ccccc5)cc(-c5ccccc5)c4)cc3)c3ccc4c(c3)sc3ccccc34)c21. The van der Waals surface area contributed by atoms with Gasteiger partial charge in [-0.15, -0.1) is 11.3 Å². The van der Waals surface area contributed by atoms with Crippen LogP contribution in [0.2, 0.25) is 0 Å². The van der Waals surface area contributed by atoms with E-state index in [4.69, 9.17) is 0 Å². The quantitative estimate of drug-likeness (QED) is 0.147. The van der Waals surface area contributed by atoms with Crippen LogP contribution in [0.25, 0.3) is 86.9 Å². The maximum Gasteiger partial charge on any atom is 0.0546 e. The van der Waals surface area contributed by atoms with Crippen LogP contribution in [0.5, 0.6) is 0 Å². The first-order chi connectivity index (χ1) is 32.0. The molecule has 0 fully saturated rings. The number of rotatable bonds is 8. The largest absolute Gasteiger partial charge is 0.310 e. The molecule has 1 heterocycles. The van der Waals surface area contributed by atoms with Crippen LogP contribution in [0, 0.1) is 0 Å². The summed E-state index contributed by atoms with van der Waals surface area (Å²) in [6, 6.07) is 87.2. The third-order valence-electron chi connectivity index (χ3n) is 13.4. The van der Waals surface area contributed by atoms with E-state index in [1.807, 2.05) is 11.3 Å². The highest BCUT2D eigenvalue weighted by molar-refractivity contribution is 7.25. The summed E-state index contributed by atoms with van der Waals surface area (Å²) < 4.78 is 2.58. The van der Waals surface area contributed by atoms with Crippen molar-refractivity contribution in [2.45, 2.75) is 19.3 Å². The Morgan fingerprint density at radius 2 is 0.846 bits per heavy atom. The van der Waals surface area contributed by atoms with Crippen molar-refractivity contribution in [3.63, 3.8) is 0 Å². The zero-order valence-electron chi connectivity index (χ0n) is 36.4. The second-order valence-corrected chi connectivity index (χ2v) is 18.7. The van der Waals surface area contributed by atoms with E-state index in [1.54, 1.807) is 0 Å². The van der Waals surface area contributed by atoms with Gasteiger partial charge in [0, 0.05) is 42.5 Å². The fourth-order valence-corrected chi connectivity index (χ4v) is 11.5. The monoisotopic (exact) mass is 847 g/mol. The lowest BCUT2D eigenvalue weighted by Gasteiger charge is -2.31. The minimum atomic E-state index is -0.209. The van der Waals surface area contributed by atoms with Crippen molar-refractivity contribution >= 4 is 48.6 Å². The minimum absolute atomic E-state index is 0.209. The van der Waals surface area contributed by atoms with E-state index in [1.165, 1.54) is 98.1 Å². The normalized spacial score (nSPS) is 12.6. The van der Waals surface area contributed by atoms with E-state index in [0.29, 0.717) is 0 Å². The molecule has 65 heavy (non-hydrogen) atoms. The number of thiophene rings is 1. The molecule has 0 unspecified atom stereocenters. The fourth-order valence-electron chi connectivity index (χ4n) is 10.4. The second kappa shape index (κ2) is 15.8. The summed E-state index contributed by atoms with van der Waals surface area (Å²) in [5.41, 5.74) is 20.6. The van der Waals surface area contributed by atoms with Crippen LogP contribution in [0.4, 0.5) is 17.1 Å². The number of hydrogen-bond acceptors (Lipinski definition) is 2. The zero-order chi connectivity index (χ0) is 43.5. The van der Waals surface area contributed by atoms with Crippen LogP contribution < -0.4 is 4.90 Å². The lowest BCUT2D eigenvalue weighted by atomic mass is 9.77. The van der Waals surface area contributed by atoms with Crippen molar-refractivity contribution in [2.75, 3.05) is 4.90 Å². The van der Waals surface area contributed by atoms with Gasteiger partial charge >= 0.3 is 0 Å². The number of benzene rings is 10. The Morgan fingerprint density at radius 3 is 1.54 bits per heavy atom. The third kappa shape index (κ3) is 6.69. The van der Waals surface area contributed by atoms with Gasteiger partial charge in [-0.2, -0.15) is 0 Å². The fraction of sp³-hybridized carbons (Fsp3) is 0.0476. The molecule has 0 saturated carbocycles. The Hall–Kier alpha value is -7.78. The van der Waals surface area contributed by atoms with Crippen molar-refractivity contribution in [1.82, 2.24) is 0 Å². The summed E-state index contributed by atoms with van der Waals surface area (Å²) in [6.45, 7) is 4.79. The predicted octanol–water partition coefficient (Wildman–Crippen LogP) is 18.2. The van der Waals surface area contributed by atoms with Crippen LogP contribution in [-0.2, 0) is 5.41 Å². The summed E-state index contributed by atoms with van der Waals surface area (Å²) in [5.74, 6) is 0. The van der Waals surface area contributed by atoms with Gasteiger partial charge in [-0.05, 0) is 127 Å². The van der Waals surface area contributed by atoms with Crippen LogP contribution in [0.3, 0.4) is 0 Å². The first kappa shape index (κ1) is 38.9. The molecule has 0 N–H and O–H groups in total. The molecule has 10 aromatic carbocycles. The Morgan fingerprint density at radius 1 is 0.338 bits per heavy atom. The Balaban J connectivity index is 1.09. The molecule has 1 aliphatic carbocycles. The van der Waals surface area contributed by atoms with E-state index >= 15 is 0 Å². The minimum Gasteiger partial charge on any atom is -0.310 e. The predicted molar refractivity (Wildman–Crippen MR) is 279 cm³/mol. The summed E-state index contributed by atoms with van der Waals surface area (Å²) in [4.78, 5) is 2.50. The molecule has 11 aromatic rings. The lowest BCUT2D eigenvalue weighted by Crippen LogP contribution is -2.17. The van der Waals surface area contributed by atoms with Gasteiger partial charge in [-0.1, -0.05) is 196 Å². The van der Waals surface area contributed by atoms with Gasteiger partial charge in [0.15, 0.2) is 0 Å². The molecule has 0 atom stereocenters. The molecular weight excluding hydrogens is 803 g/mol. The third-order valence-corrected chi connectivity index (χ3v) is 14.6. The molecule has 0 saturated heterocycles. The van der Waals surface area contributed by atoms with E-state index in [9.17, 15) is 0 Å². The Kier molecular flexibility index (Phi) is 9.44. The summed E-state index contributed by atoms with van der Waals surface area (Å²) >= 11 is 1.87. The van der Waals surface area contributed by atoms with Gasteiger partial charge in [0.1, 0.15) is 0 Å². The molecule has 2 heteroatoms. The molecule has 0 aliphatic heterocycles. The average molecular weight is 848 g/mol. The van der Waals surface area contributed by atoms with Crippen molar-refractivity contribution < 1.29 is 0 Å². The summed E-state index contributed by atoms with van der Waals surface area (Å²) in [7, 11) is 0. The van der Waals surface area contributed by atoms with E-state index in [0.717, 1.165) is 17.1 Å². The molecular formula is C63H45NS. The zero-order valence-corrected chi connectivity index (χ0v) is 37.2. The number of hydrogen-bond donors (Lipinski definition) is 0. The summed E-state index contributed by atoms with van der Waals surface area (Å²) in [6.07, 6.45) is 0. The molecule has 0 amide bonds. The van der Waals surface area contributed by atoms with Gasteiger partial charge in [0.25, 0.3) is 0 Å². The van der Waals surface area contributed by atoms with E-state index in [-0.39, 0.29) is 5.41 Å². The maximum atomic E-state index is 2.50. The smallest absolute Gasteiger partial charge is 0.0546 e.